The summed E-state index contributed by atoms with van der Waals surface area (Å²) in [6.45, 7) is 3.72. The SMILES string of the molecule is Cc1cc(COC(=O)NCc2ccc3c(c2F)C(=O)N(C2CCC(=O)NC2=O)C3)cnc1C. The first-order valence-electron chi connectivity index (χ1n) is 10.5. The third-order valence-corrected chi connectivity index (χ3v) is 5.90. The second kappa shape index (κ2) is 8.97. The van der Waals surface area contributed by atoms with Crippen LogP contribution in [-0.2, 0) is 34.0 Å². The lowest BCUT2D eigenvalue weighted by atomic mass is 10.0. The van der Waals surface area contributed by atoms with Crippen molar-refractivity contribution >= 4 is 23.8 Å². The topological polar surface area (TPSA) is 118 Å². The van der Waals surface area contributed by atoms with Crippen LogP contribution in [0.1, 0.15) is 51.1 Å². The van der Waals surface area contributed by atoms with Crippen LogP contribution in [0.5, 0.6) is 0 Å². The molecular weight excluding hydrogens is 431 g/mol. The number of carbonyl (C=O) groups is 4. The number of rotatable bonds is 5. The number of hydrogen-bond acceptors (Lipinski definition) is 6. The molecule has 0 aliphatic carbocycles. The summed E-state index contributed by atoms with van der Waals surface area (Å²) >= 11 is 0. The average molecular weight is 454 g/mol. The number of imide groups is 1. The van der Waals surface area contributed by atoms with Crippen molar-refractivity contribution < 1.29 is 28.3 Å². The number of ether oxygens (including phenoxy) is 1. The van der Waals surface area contributed by atoms with Crippen LogP contribution < -0.4 is 10.6 Å². The van der Waals surface area contributed by atoms with E-state index in [1.165, 1.54) is 11.0 Å². The van der Waals surface area contributed by atoms with Gasteiger partial charge in [-0.15, -0.1) is 0 Å². The Kier molecular flexibility index (Phi) is 6.08. The van der Waals surface area contributed by atoms with Crippen LogP contribution in [0.2, 0.25) is 0 Å². The number of carbonyl (C=O) groups excluding carboxylic acids is 4. The highest BCUT2D eigenvalue weighted by Crippen LogP contribution is 2.30. The Morgan fingerprint density at radius 3 is 2.82 bits per heavy atom. The Hall–Kier alpha value is -3.82. The molecule has 2 N–H and O–H groups in total. The fourth-order valence-corrected chi connectivity index (χ4v) is 3.94. The smallest absolute Gasteiger partial charge is 0.407 e. The highest BCUT2D eigenvalue weighted by atomic mass is 19.1. The lowest BCUT2D eigenvalue weighted by Crippen LogP contribution is -2.52. The van der Waals surface area contributed by atoms with E-state index in [9.17, 15) is 19.2 Å². The minimum Gasteiger partial charge on any atom is -0.445 e. The van der Waals surface area contributed by atoms with Crippen LogP contribution in [0.15, 0.2) is 24.4 Å². The van der Waals surface area contributed by atoms with Gasteiger partial charge in [-0.3, -0.25) is 24.7 Å². The molecule has 2 aromatic rings. The summed E-state index contributed by atoms with van der Waals surface area (Å²) in [6.07, 6.45) is 1.21. The Morgan fingerprint density at radius 2 is 2.09 bits per heavy atom. The minimum atomic E-state index is -0.821. The van der Waals surface area contributed by atoms with Gasteiger partial charge in [0.1, 0.15) is 18.5 Å². The molecule has 172 valence electrons. The molecule has 4 rings (SSSR count). The molecule has 1 saturated heterocycles. The maximum Gasteiger partial charge on any atom is 0.407 e. The predicted octanol–water partition coefficient (Wildman–Crippen LogP) is 2.02. The third-order valence-electron chi connectivity index (χ3n) is 5.90. The van der Waals surface area contributed by atoms with Gasteiger partial charge in [-0.2, -0.15) is 0 Å². The van der Waals surface area contributed by atoms with Crippen molar-refractivity contribution in [3.8, 4) is 0 Å². The van der Waals surface area contributed by atoms with E-state index in [0.29, 0.717) is 5.56 Å². The van der Waals surface area contributed by atoms with Crippen molar-refractivity contribution in [2.75, 3.05) is 0 Å². The van der Waals surface area contributed by atoms with Gasteiger partial charge in [-0.05, 0) is 37.5 Å². The molecule has 0 spiro atoms. The van der Waals surface area contributed by atoms with Gasteiger partial charge in [-0.1, -0.05) is 12.1 Å². The predicted molar refractivity (Wildman–Crippen MR) is 113 cm³/mol. The second-order valence-corrected chi connectivity index (χ2v) is 8.15. The normalized spacial score (nSPS) is 17.6. The molecule has 10 heteroatoms. The van der Waals surface area contributed by atoms with Gasteiger partial charge < -0.3 is 15.0 Å². The third kappa shape index (κ3) is 4.55. The zero-order valence-corrected chi connectivity index (χ0v) is 18.2. The first-order valence-corrected chi connectivity index (χ1v) is 10.5. The molecule has 3 heterocycles. The Morgan fingerprint density at radius 1 is 1.30 bits per heavy atom. The van der Waals surface area contributed by atoms with Crippen LogP contribution in [0.3, 0.4) is 0 Å². The second-order valence-electron chi connectivity index (χ2n) is 8.15. The van der Waals surface area contributed by atoms with Crippen molar-refractivity contribution in [2.45, 2.75) is 52.4 Å². The van der Waals surface area contributed by atoms with Crippen molar-refractivity contribution in [3.05, 3.63) is 63.7 Å². The molecule has 0 saturated carbocycles. The fourth-order valence-electron chi connectivity index (χ4n) is 3.94. The summed E-state index contributed by atoms with van der Waals surface area (Å²) in [6, 6.07) is 4.14. The lowest BCUT2D eigenvalue weighted by molar-refractivity contribution is -0.136. The number of pyridine rings is 1. The highest BCUT2D eigenvalue weighted by Gasteiger charge is 2.40. The summed E-state index contributed by atoms with van der Waals surface area (Å²) in [5.74, 6) is -2.30. The highest BCUT2D eigenvalue weighted by molar-refractivity contribution is 6.05. The quantitative estimate of drug-likeness (QED) is 0.668. The Balaban J connectivity index is 1.38. The van der Waals surface area contributed by atoms with Crippen molar-refractivity contribution in [2.24, 2.45) is 0 Å². The zero-order chi connectivity index (χ0) is 23.7. The minimum absolute atomic E-state index is 0.0199. The number of fused-ring (bicyclic) bond motifs is 1. The Bertz CT molecular complexity index is 1170. The number of benzene rings is 1. The molecule has 1 unspecified atom stereocenters. The molecule has 4 amide bonds. The molecular formula is C23H23FN4O5. The van der Waals surface area contributed by atoms with Gasteiger partial charge in [-0.25, -0.2) is 9.18 Å². The number of nitrogens with zero attached hydrogens (tertiary/aromatic N) is 2. The number of amides is 4. The van der Waals surface area contributed by atoms with Gasteiger partial charge in [0.15, 0.2) is 0 Å². The van der Waals surface area contributed by atoms with E-state index in [1.807, 2.05) is 19.9 Å². The van der Waals surface area contributed by atoms with Gasteiger partial charge >= 0.3 is 6.09 Å². The number of hydrogen-bond donors (Lipinski definition) is 2. The van der Waals surface area contributed by atoms with Crippen LogP contribution in [0.4, 0.5) is 9.18 Å². The maximum atomic E-state index is 15.1. The number of halogens is 1. The van der Waals surface area contributed by atoms with E-state index >= 15 is 4.39 Å². The zero-order valence-electron chi connectivity index (χ0n) is 18.2. The molecule has 1 atom stereocenters. The molecule has 33 heavy (non-hydrogen) atoms. The van der Waals surface area contributed by atoms with Gasteiger partial charge in [0.25, 0.3) is 5.91 Å². The van der Waals surface area contributed by atoms with E-state index in [0.717, 1.165) is 16.8 Å². The van der Waals surface area contributed by atoms with Gasteiger partial charge in [0, 0.05) is 42.5 Å². The molecule has 9 nitrogen and oxygen atoms in total. The molecule has 1 aromatic carbocycles. The number of piperidine rings is 1. The van der Waals surface area contributed by atoms with Crippen molar-refractivity contribution in [3.63, 3.8) is 0 Å². The first kappa shape index (κ1) is 22.4. The van der Waals surface area contributed by atoms with Gasteiger partial charge in [0.05, 0.1) is 5.56 Å². The molecule has 0 radical (unpaired) electrons. The van der Waals surface area contributed by atoms with Crippen LogP contribution in [0, 0.1) is 19.7 Å². The molecule has 1 aromatic heterocycles. The van der Waals surface area contributed by atoms with Crippen LogP contribution in [-0.4, -0.2) is 39.7 Å². The first-order chi connectivity index (χ1) is 15.7. The number of alkyl carbamates (subject to hydrolysis) is 1. The summed E-state index contributed by atoms with van der Waals surface area (Å²) in [5.41, 5.74) is 3.06. The summed E-state index contributed by atoms with van der Waals surface area (Å²) in [4.78, 5) is 53.9. The molecule has 2 aliphatic heterocycles. The summed E-state index contributed by atoms with van der Waals surface area (Å²) < 4.78 is 20.3. The van der Waals surface area contributed by atoms with E-state index in [1.54, 1.807) is 12.3 Å². The van der Waals surface area contributed by atoms with E-state index in [2.05, 4.69) is 15.6 Å². The number of nitrogens with one attached hydrogen (secondary N) is 2. The lowest BCUT2D eigenvalue weighted by Gasteiger charge is -2.29. The standard InChI is InChI=1S/C23H23FN4O5/c1-12-7-14(8-25-13(12)2)11-33-23(32)26-9-15-3-4-16-10-28(22(31)19(16)20(15)24)17-5-6-18(29)27-21(17)30/h3-4,7-8,17H,5-6,9-11H2,1-2H3,(H,26,32)(H,27,29,30). The van der Waals surface area contributed by atoms with Crippen molar-refractivity contribution in [1.82, 2.24) is 20.5 Å². The largest absolute Gasteiger partial charge is 0.445 e. The molecule has 0 bridgehead atoms. The van der Waals surface area contributed by atoms with E-state index in [4.69, 9.17) is 4.74 Å². The molecule has 2 aliphatic rings. The fraction of sp³-hybridized carbons (Fsp3) is 0.348. The van der Waals surface area contributed by atoms with E-state index in [-0.39, 0.29) is 49.6 Å². The summed E-state index contributed by atoms with van der Waals surface area (Å²) in [7, 11) is 0. The van der Waals surface area contributed by atoms with Crippen LogP contribution >= 0.6 is 0 Å². The van der Waals surface area contributed by atoms with Crippen LogP contribution in [0.25, 0.3) is 0 Å². The monoisotopic (exact) mass is 454 g/mol. The number of aromatic nitrogens is 1. The Labute approximate surface area is 189 Å². The van der Waals surface area contributed by atoms with Gasteiger partial charge in [0.2, 0.25) is 11.8 Å². The average Bonchev–Trinajstić information content (AvgIpc) is 3.11. The summed E-state index contributed by atoms with van der Waals surface area (Å²) in [5, 5.41) is 4.69. The molecule has 1 fully saturated rings. The van der Waals surface area contributed by atoms with Crippen molar-refractivity contribution in [1.29, 1.82) is 0 Å². The maximum absolute atomic E-state index is 15.1. The number of aryl methyl sites for hydroxylation is 2. The van der Waals surface area contributed by atoms with E-state index < -0.39 is 29.8 Å².